The van der Waals surface area contributed by atoms with E-state index < -0.39 is 0 Å². The third-order valence-electron chi connectivity index (χ3n) is 4.64. The molecule has 2 fully saturated rings. The summed E-state index contributed by atoms with van der Waals surface area (Å²) < 4.78 is 8.29. The summed E-state index contributed by atoms with van der Waals surface area (Å²) in [5, 5.41) is 7.22. The molecule has 1 saturated carbocycles. The van der Waals surface area contributed by atoms with Crippen LogP contribution in [0, 0.1) is 5.41 Å². The van der Waals surface area contributed by atoms with Crippen molar-refractivity contribution in [2.75, 3.05) is 13.2 Å². The Balaban J connectivity index is 1.47. The van der Waals surface area contributed by atoms with Crippen molar-refractivity contribution in [1.82, 2.24) is 19.9 Å². The van der Waals surface area contributed by atoms with E-state index in [-0.39, 0.29) is 17.1 Å². The number of carbonyl (C=O) groups excluding carboxylic acids is 1. The highest BCUT2D eigenvalue weighted by Gasteiger charge is 2.43. The Hall–Kier alpha value is -1.47. The van der Waals surface area contributed by atoms with Gasteiger partial charge in [0.05, 0.1) is 12.7 Å². The molecule has 2 atom stereocenters. The monoisotopic (exact) mass is 364 g/mol. The van der Waals surface area contributed by atoms with E-state index in [1.54, 1.807) is 10.7 Å². The van der Waals surface area contributed by atoms with Gasteiger partial charge in [-0.2, -0.15) is 0 Å². The molecule has 4 rings (SSSR count). The summed E-state index contributed by atoms with van der Waals surface area (Å²) in [7, 11) is 0. The summed E-state index contributed by atoms with van der Waals surface area (Å²) in [5.74, 6) is -0.0102. The Morgan fingerprint density at radius 1 is 1.55 bits per heavy atom. The lowest BCUT2D eigenvalue weighted by molar-refractivity contribution is 0.0899. The Morgan fingerprint density at radius 2 is 2.45 bits per heavy atom. The minimum absolute atomic E-state index is 0.112. The molecule has 1 amide bonds. The van der Waals surface area contributed by atoms with Gasteiger partial charge in [-0.25, -0.2) is 9.50 Å². The van der Waals surface area contributed by atoms with Crippen LogP contribution in [0.1, 0.15) is 36.3 Å². The van der Waals surface area contributed by atoms with Gasteiger partial charge in [-0.15, -0.1) is 5.10 Å². The highest BCUT2D eigenvalue weighted by molar-refractivity contribution is 9.10. The molecule has 6 nitrogen and oxygen atoms in total. The van der Waals surface area contributed by atoms with Crippen molar-refractivity contribution < 1.29 is 9.53 Å². The molecule has 1 aliphatic carbocycles. The first-order valence-electron chi connectivity index (χ1n) is 7.55. The lowest BCUT2D eigenvalue weighted by Crippen LogP contribution is -2.39. The highest BCUT2D eigenvalue weighted by atomic mass is 79.9. The van der Waals surface area contributed by atoms with E-state index in [0.717, 1.165) is 30.3 Å². The van der Waals surface area contributed by atoms with Crippen LogP contribution >= 0.6 is 15.9 Å². The third kappa shape index (κ3) is 2.52. The maximum atomic E-state index is 12.3. The molecule has 2 aromatic heterocycles. The molecule has 3 heterocycles. The number of halogens is 1. The Morgan fingerprint density at radius 3 is 3.36 bits per heavy atom. The molecule has 2 aliphatic rings. The standard InChI is InChI=1S/C15H17BrN4O2/c16-10-3-4-12-18-13(19-20(12)7-10)14(21)17-8-15-5-1-2-11(6-15)22-9-15/h3-4,7,11H,1-2,5-6,8-9H2,(H,17,21). The van der Waals surface area contributed by atoms with Crippen LogP contribution in [0.3, 0.4) is 0 Å². The molecular weight excluding hydrogens is 348 g/mol. The fraction of sp³-hybridized carbons (Fsp3) is 0.533. The highest BCUT2D eigenvalue weighted by Crippen LogP contribution is 2.43. The first kappa shape index (κ1) is 14.1. The van der Waals surface area contributed by atoms with E-state index in [0.29, 0.717) is 18.3 Å². The van der Waals surface area contributed by atoms with Gasteiger partial charge in [0.25, 0.3) is 5.91 Å². The second-order valence-corrected chi connectivity index (χ2v) is 7.21. The number of fused-ring (bicyclic) bond motifs is 3. The molecule has 2 bridgehead atoms. The quantitative estimate of drug-likeness (QED) is 0.906. The number of pyridine rings is 1. The molecule has 1 aliphatic heterocycles. The summed E-state index contributed by atoms with van der Waals surface area (Å²) in [4.78, 5) is 16.6. The SMILES string of the molecule is O=C(NCC12CCCC(C1)OC2)c1nc2ccc(Br)cn2n1. The average molecular weight is 365 g/mol. The molecule has 7 heteroatoms. The van der Waals surface area contributed by atoms with E-state index in [9.17, 15) is 4.79 Å². The normalized spacial score (nSPS) is 27.2. The van der Waals surface area contributed by atoms with E-state index in [2.05, 4.69) is 31.3 Å². The molecule has 1 saturated heterocycles. The van der Waals surface area contributed by atoms with Gasteiger partial charge < -0.3 is 10.1 Å². The smallest absolute Gasteiger partial charge is 0.291 e. The van der Waals surface area contributed by atoms with Gasteiger partial charge in [0.2, 0.25) is 5.82 Å². The second kappa shape index (κ2) is 5.31. The fourth-order valence-electron chi connectivity index (χ4n) is 3.47. The van der Waals surface area contributed by atoms with Crippen molar-refractivity contribution in [2.45, 2.75) is 31.8 Å². The van der Waals surface area contributed by atoms with Crippen LogP contribution in [0.25, 0.3) is 5.65 Å². The van der Waals surface area contributed by atoms with Crippen molar-refractivity contribution in [3.8, 4) is 0 Å². The summed E-state index contributed by atoms with van der Waals surface area (Å²) in [6, 6.07) is 3.70. The molecule has 0 spiro atoms. The Kier molecular flexibility index (Phi) is 3.41. The van der Waals surface area contributed by atoms with Crippen molar-refractivity contribution in [3.05, 3.63) is 28.6 Å². The van der Waals surface area contributed by atoms with Gasteiger partial charge in [-0.1, -0.05) is 6.42 Å². The fourth-order valence-corrected chi connectivity index (χ4v) is 3.80. The number of nitrogens with zero attached hydrogens (tertiary/aromatic N) is 3. The summed E-state index contributed by atoms with van der Waals surface area (Å²) in [5.41, 5.74) is 0.772. The van der Waals surface area contributed by atoms with Crippen LogP contribution in [0.5, 0.6) is 0 Å². The summed E-state index contributed by atoms with van der Waals surface area (Å²) in [6.07, 6.45) is 6.68. The zero-order valence-electron chi connectivity index (χ0n) is 12.1. The molecule has 22 heavy (non-hydrogen) atoms. The zero-order valence-corrected chi connectivity index (χ0v) is 13.7. The van der Waals surface area contributed by atoms with Gasteiger partial charge in [0.1, 0.15) is 0 Å². The van der Waals surface area contributed by atoms with E-state index in [4.69, 9.17) is 4.74 Å². The van der Waals surface area contributed by atoms with Crippen LogP contribution in [0.15, 0.2) is 22.8 Å². The summed E-state index contributed by atoms with van der Waals surface area (Å²) >= 11 is 3.38. The van der Waals surface area contributed by atoms with Gasteiger partial charge in [0, 0.05) is 22.6 Å². The van der Waals surface area contributed by atoms with Crippen LogP contribution in [0.2, 0.25) is 0 Å². The van der Waals surface area contributed by atoms with E-state index >= 15 is 0 Å². The minimum atomic E-state index is -0.219. The first-order valence-corrected chi connectivity index (χ1v) is 8.35. The van der Waals surface area contributed by atoms with Crippen molar-refractivity contribution in [2.24, 2.45) is 5.41 Å². The van der Waals surface area contributed by atoms with Gasteiger partial charge in [0.15, 0.2) is 5.65 Å². The van der Waals surface area contributed by atoms with Crippen molar-refractivity contribution >= 4 is 27.5 Å². The maximum Gasteiger partial charge on any atom is 0.291 e. The Labute approximate surface area is 136 Å². The number of amides is 1. The molecule has 2 unspecified atom stereocenters. The lowest BCUT2D eigenvalue weighted by atomic mass is 9.76. The number of carbonyl (C=O) groups is 1. The van der Waals surface area contributed by atoms with Crippen LogP contribution in [-0.4, -0.2) is 39.8 Å². The minimum Gasteiger partial charge on any atom is -0.378 e. The van der Waals surface area contributed by atoms with Gasteiger partial charge in [-0.3, -0.25) is 4.79 Å². The summed E-state index contributed by atoms with van der Waals surface area (Å²) in [6.45, 7) is 1.39. The van der Waals surface area contributed by atoms with Crippen LogP contribution in [0.4, 0.5) is 0 Å². The van der Waals surface area contributed by atoms with Crippen LogP contribution < -0.4 is 5.32 Å². The predicted octanol–water partition coefficient (Wildman–Crippen LogP) is 2.18. The van der Waals surface area contributed by atoms with Crippen molar-refractivity contribution in [3.63, 3.8) is 0 Å². The molecule has 1 N–H and O–H groups in total. The van der Waals surface area contributed by atoms with Gasteiger partial charge >= 0.3 is 0 Å². The molecule has 0 aromatic carbocycles. The molecular formula is C15H17BrN4O2. The van der Waals surface area contributed by atoms with E-state index in [1.807, 2.05) is 12.1 Å². The van der Waals surface area contributed by atoms with Gasteiger partial charge in [-0.05, 0) is 47.3 Å². The second-order valence-electron chi connectivity index (χ2n) is 6.30. The number of rotatable bonds is 3. The maximum absolute atomic E-state index is 12.3. The lowest BCUT2D eigenvalue weighted by Gasteiger charge is -2.30. The topological polar surface area (TPSA) is 68.5 Å². The van der Waals surface area contributed by atoms with Crippen molar-refractivity contribution in [1.29, 1.82) is 0 Å². The number of ether oxygens (including phenoxy) is 1. The van der Waals surface area contributed by atoms with Crippen LogP contribution in [-0.2, 0) is 4.74 Å². The van der Waals surface area contributed by atoms with E-state index in [1.165, 1.54) is 6.42 Å². The molecule has 116 valence electrons. The molecule has 2 aromatic rings. The Bertz CT molecular complexity index is 727. The number of nitrogens with one attached hydrogen (secondary N) is 1. The predicted molar refractivity (Wildman–Crippen MR) is 83.7 cm³/mol. The largest absolute Gasteiger partial charge is 0.378 e. The molecule has 0 radical (unpaired) electrons. The first-order chi connectivity index (χ1) is 10.6. The average Bonchev–Trinajstić information content (AvgIpc) is 3.06. The number of aromatic nitrogens is 3. The zero-order chi connectivity index (χ0) is 15.2. The number of hydrogen-bond acceptors (Lipinski definition) is 4. The number of hydrogen-bond donors (Lipinski definition) is 1. The third-order valence-corrected chi connectivity index (χ3v) is 5.11.